The lowest BCUT2D eigenvalue weighted by atomic mass is 10.1. The third-order valence-corrected chi connectivity index (χ3v) is 3.15. The fraction of sp³-hybridized carbons (Fsp3) is 0.462. The van der Waals surface area contributed by atoms with Crippen LogP contribution in [-0.4, -0.2) is 44.5 Å². The van der Waals surface area contributed by atoms with Crippen LogP contribution in [0.1, 0.15) is 5.56 Å². The maximum atomic E-state index is 11.9. The Balaban J connectivity index is 0.00000162. The SMILES string of the molecule is CNCC(=O)N1CCN(C)c2ccccc2C1.Cl. The summed E-state index contributed by atoms with van der Waals surface area (Å²) < 4.78 is 0. The largest absolute Gasteiger partial charge is 0.373 e. The molecule has 0 radical (unpaired) electrons. The van der Waals surface area contributed by atoms with Crippen molar-refractivity contribution in [2.75, 3.05) is 38.6 Å². The second-order valence-electron chi connectivity index (χ2n) is 4.40. The quantitative estimate of drug-likeness (QED) is 0.874. The number of nitrogens with one attached hydrogen (secondary N) is 1. The highest BCUT2D eigenvalue weighted by molar-refractivity contribution is 5.85. The van der Waals surface area contributed by atoms with E-state index in [0.29, 0.717) is 13.1 Å². The summed E-state index contributed by atoms with van der Waals surface area (Å²) in [5.74, 6) is 0.164. The Morgan fingerprint density at radius 1 is 1.33 bits per heavy atom. The first-order valence-electron chi connectivity index (χ1n) is 5.94. The topological polar surface area (TPSA) is 35.6 Å². The third-order valence-electron chi connectivity index (χ3n) is 3.15. The highest BCUT2D eigenvalue weighted by atomic mass is 35.5. The Kier molecular flexibility index (Phi) is 5.44. The smallest absolute Gasteiger partial charge is 0.236 e. The van der Waals surface area contributed by atoms with Gasteiger partial charge in [0, 0.05) is 32.4 Å². The summed E-state index contributed by atoms with van der Waals surface area (Å²) in [6.07, 6.45) is 0. The average Bonchev–Trinajstić information content (AvgIpc) is 2.50. The van der Waals surface area contributed by atoms with Crippen molar-refractivity contribution in [3.8, 4) is 0 Å². The van der Waals surface area contributed by atoms with E-state index < -0.39 is 0 Å². The Bertz CT molecular complexity index is 411. The van der Waals surface area contributed by atoms with Gasteiger partial charge in [-0.2, -0.15) is 0 Å². The minimum Gasteiger partial charge on any atom is -0.373 e. The van der Waals surface area contributed by atoms with Crippen LogP contribution in [0.15, 0.2) is 24.3 Å². The Labute approximate surface area is 114 Å². The Hall–Kier alpha value is -1.26. The van der Waals surface area contributed by atoms with Crippen LogP contribution < -0.4 is 10.2 Å². The van der Waals surface area contributed by atoms with Gasteiger partial charge in [0.25, 0.3) is 0 Å². The van der Waals surface area contributed by atoms with E-state index in [1.54, 1.807) is 7.05 Å². The van der Waals surface area contributed by atoms with E-state index in [1.165, 1.54) is 11.3 Å². The van der Waals surface area contributed by atoms with E-state index in [-0.39, 0.29) is 18.3 Å². The Morgan fingerprint density at radius 3 is 2.78 bits per heavy atom. The number of nitrogens with zero attached hydrogens (tertiary/aromatic N) is 2. The van der Waals surface area contributed by atoms with Gasteiger partial charge in [0.15, 0.2) is 0 Å². The monoisotopic (exact) mass is 269 g/mol. The van der Waals surface area contributed by atoms with Crippen LogP contribution in [0, 0.1) is 0 Å². The summed E-state index contributed by atoms with van der Waals surface area (Å²) >= 11 is 0. The molecule has 0 saturated heterocycles. The molecule has 0 fully saturated rings. The molecule has 1 N–H and O–H groups in total. The summed E-state index contributed by atoms with van der Waals surface area (Å²) in [7, 11) is 3.88. The van der Waals surface area contributed by atoms with Crippen LogP contribution in [0.2, 0.25) is 0 Å². The van der Waals surface area contributed by atoms with Gasteiger partial charge >= 0.3 is 0 Å². The minimum atomic E-state index is 0. The molecule has 5 heteroatoms. The summed E-state index contributed by atoms with van der Waals surface area (Å²) in [6.45, 7) is 2.78. The number of carbonyl (C=O) groups is 1. The first-order chi connectivity index (χ1) is 8.22. The molecule has 1 amide bonds. The first kappa shape index (κ1) is 14.8. The zero-order valence-electron chi connectivity index (χ0n) is 10.8. The molecule has 0 aromatic heterocycles. The zero-order chi connectivity index (χ0) is 12.3. The van der Waals surface area contributed by atoms with Crippen molar-refractivity contribution < 1.29 is 4.79 Å². The van der Waals surface area contributed by atoms with Crippen LogP contribution in [0.25, 0.3) is 0 Å². The third kappa shape index (κ3) is 3.15. The van der Waals surface area contributed by atoms with Crippen molar-refractivity contribution in [3.63, 3.8) is 0 Å². The van der Waals surface area contributed by atoms with Crippen LogP contribution in [0.5, 0.6) is 0 Å². The lowest BCUT2D eigenvalue weighted by molar-refractivity contribution is -0.130. The molecule has 1 aromatic rings. The molecule has 4 nitrogen and oxygen atoms in total. The number of hydrogen-bond acceptors (Lipinski definition) is 3. The number of hydrogen-bond donors (Lipinski definition) is 1. The molecule has 1 aromatic carbocycles. The molecule has 2 rings (SSSR count). The van der Waals surface area contributed by atoms with Crippen LogP contribution in [0.4, 0.5) is 5.69 Å². The molecule has 1 heterocycles. The first-order valence-corrected chi connectivity index (χ1v) is 5.94. The lowest BCUT2D eigenvalue weighted by Crippen LogP contribution is -2.38. The second-order valence-corrected chi connectivity index (χ2v) is 4.40. The standard InChI is InChI=1S/C13H19N3O.ClH/c1-14-9-13(17)16-8-7-15(2)12-6-4-3-5-11(12)10-16;/h3-6,14H,7-10H2,1-2H3;1H. The normalized spacial score (nSPS) is 14.6. The molecule has 0 bridgehead atoms. The molecular weight excluding hydrogens is 250 g/mol. The fourth-order valence-electron chi connectivity index (χ4n) is 2.17. The molecule has 1 aliphatic heterocycles. The number of likely N-dealkylation sites (N-methyl/N-ethyl adjacent to an activating group) is 2. The molecule has 1 aliphatic rings. The van der Waals surface area contributed by atoms with Gasteiger partial charge in [-0.25, -0.2) is 0 Å². The van der Waals surface area contributed by atoms with E-state index in [2.05, 4.69) is 29.4 Å². The maximum absolute atomic E-state index is 11.9. The maximum Gasteiger partial charge on any atom is 0.236 e. The molecule has 0 atom stereocenters. The molecule has 0 unspecified atom stereocenters. The lowest BCUT2D eigenvalue weighted by Gasteiger charge is -2.20. The summed E-state index contributed by atoms with van der Waals surface area (Å²) in [6, 6.07) is 8.28. The van der Waals surface area contributed by atoms with E-state index in [4.69, 9.17) is 0 Å². The number of benzene rings is 1. The minimum absolute atomic E-state index is 0. The van der Waals surface area contributed by atoms with Crippen LogP contribution >= 0.6 is 12.4 Å². The van der Waals surface area contributed by atoms with Crippen LogP contribution in [0.3, 0.4) is 0 Å². The Morgan fingerprint density at radius 2 is 2.06 bits per heavy atom. The zero-order valence-corrected chi connectivity index (χ0v) is 11.7. The predicted molar refractivity (Wildman–Crippen MR) is 76.3 cm³/mol. The second kappa shape index (κ2) is 6.61. The van der Waals surface area contributed by atoms with Crippen molar-refractivity contribution in [3.05, 3.63) is 29.8 Å². The summed E-state index contributed by atoms with van der Waals surface area (Å²) in [5.41, 5.74) is 2.45. The molecule has 18 heavy (non-hydrogen) atoms. The van der Waals surface area contributed by atoms with E-state index in [0.717, 1.165) is 13.1 Å². The van der Waals surface area contributed by atoms with Crippen molar-refractivity contribution >= 4 is 24.0 Å². The number of para-hydroxylation sites is 1. The fourth-order valence-corrected chi connectivity index (χ4v) is 2.17. The van der Waals surface area contributed by atoms with Crippen molar-refractivity contribution in [2.24, 2.45) is 0 Å². The van der Waals surface area contributed by atoms with Gasteiger partial charge in [0.2, 0.25) is 5.91 Å². The van der Waals surface area contributed by atoms with Crippen molar-refractivity contribution in [2.45, 2.75) is 6.54 Å². The highest BCUT2D eigenvalue weighted by Crippen LogP contribution is 2.23. The van der Waals surface area contributed by atoms with Gasteiger partial charge in [0.05, 0.1) is 6.54 Å². The molecule has 100 valence electrons. The highest BCUT2D eigenvalue weighted by Gasteiger charge is 2.20. The number of halogens is 1. The molecule has 0 spiro atoms. The van der Waals surface area contributed by atoms with E-state index >= 15 is 0 Å². The van der Waals surface area contributed by atoms with Gasteiger partial charge < -0.3 is 15.1 Å². The predicted octanol–water partition coefficient (Wildman–Crippen LogP) is 1.11. The van der Waals surface area contributed by atoms with E-state index in [1.807, 2.05) is 17.0 Å². The van der Waals surface area contributed by atoms with Gasteiger partial charge in [-0.1, -0.05) is 18.2 Å². The number of amides is 1. The average molecular weight is 270 g/mol. The van der Waals surface area contributed by atoms with Crippen molar-refractivity contribution in [1.82, 2.24) is 10.2 Å². The van der Waals surface area contributed by atoms with Gasteiger partial charge in [-0.05, 0) is 18.7 Å². The summed E-state index contributed by atoms with van der Waals surface area (Å²) in [5, 5.41) is 2.92. The number of anilines is 1. The number of carbonyl (C=O) groups excluding carboxylic acids is 1. The van der Waals surface area contributed by atoms with Gasteiger partial charge in [-0.15, -0.1) is 12.4 Å². The van der Waals surface area contributed by atoms with Gasteiger partial charge in [0.1, 0.15) is 0 Å². The van der Waals surface area contributed by atoms with E-state index in [9.17, 15) is 4.79 Å². The number of rotatable bonds is 2. The van der Waals surface area contributed by atoms with Crippen molar-refractivity contribution in [1.29, 1.82) is 0 Å². The van der Waals surface area contributed by atoms with Crippen LogP contribution in [-0.2, 0) is 11.3 Å². The summed E-state index contributed by atoms with van der Waals surface area (Å²) in [4.78, 5) is 16.0. The molecule has 0 aliphatic carbocycles. The number of fused-ring (bicyclic) bond motifs is 1. The molecule has 0 saturated carbocycles. The van der Waals surface area contributed by atoms with Gasteiger partial charge in [-0.3, -0.25) is 4.79 Å². The molecular formula is C13H20ClN3O.